The van der Waals surface area contributed by atoms with E-state index in [2.05, 4.69) is 60.9 Å². The van der Waals surface area contributed by atoms with E-state index in [1.54, 1.807) is 0 Å². The SMILES string of the molecule is CC=CC(CC)C1(C)C2C(C)N1C2(P)CC. The van der Waals surface area contributed by atoms with Crippen LogP contribution < -0.4 is 0 Å². The Kier molecular flexibility index (Phi) is 3.00. The van der Waals surface area contributed by atoms with E-state index in [9.17, 15) is 0 Å². The van der Waals surface area contributed by atoms with E-state index in [1.807, 2.05) is 0 Å². The summed E-state index contributed by atoms with van der Waals surface area (Å²) in [6.07, 6.45) is 7.14. The molecule has 0 saturated carbocycles. The second kappa shape index (κ2) is 3.82. The summed E-state index contributed by atoms with van der Waals surface area (Å²) in [7, 11) is 3.11. The van der Waals surface area contributed by atoms with Crippen LogP contribution in [0.1, 0.15) is 47.5 Å². The first kappa shape index (κ1) is 12.6. The van der Waals surface area contributed by atoms with E-state index in [4.69, 9.17) is 0 Å². The van der Waals surface area contributed by atoms with Crippen molar-refractivity contribution in [2.45, 2.75) is 64.3 Å². The molecule has 3 heterocycles. The van der Waals surface area contributed by atoms with E-state index in [0.717, 1.165) is 17.9 Å². The molecule has 0 aromatic carbocycles. The van der Waals surface area contributed by atoms with Crippen molar-refractivity contribution >= 4 is 9.24 Å². The third kappa shape index (κ3) is 1.14. The van der Waals surface area contributed by atoms with Gasteiger partial charge in [-0.05, 0) is 39.5 Å². The zero-order chi connectivity index (χ0) is 12.1. The molecule has 3 aliphatic heterocycles. The van der Waals surface area contributed by atoms with Crippen LogP contribution in [0.15, 0.2) is 12.2 Å². The fourth-order valence-corrected chi connectivity index (χ4v) is 5.80. The van der Waals surface area contributed by atoms with Crippen molar-refractivity contribution in [3.8, 4) is 0 Å². The number of rotatable bonds is 4. The van der Waals surface area contributed by atoms with Gasteiger partial charge in [-0.15, -0.1) is 9.24 Å². The largest absolute Gasteiger partial charge is 0.284 e. The Morgan fingerprint density at radius 1 is 1.44 bits per heavy atom. The molecule has 0 aromatic heterocycles. The molecule has 92 valence electrons. The molecule has 0 N–H and O–H groups in total. The molecule has 3 rings (SSSR count). The highest BCUT2D eigenvalue weighted by atomic mass is 31.0. The Morgan fingerprint density at radius 2 is 2.00 bits per heavy atom. The minimum absolute atomic E-state index is 0.420. The lowest BCUT2D eigenvalue weighted by Gasteiger charge is -2.85. The zero-order valence-corrected chi connectivity index (χ0v) is 12.5. The molecule has 7 atom stereocenters. The molecular weight excluding hydrogens is 213 g/mol. The van der Waals surface area contributed by atoms with Crippen LogP contribution in [-0.4, -0.2) is 21.8 Å². The monoisotopic (exact) mass is 239 g/mol. The number of allylic oxidation sites excluding steroid dienone is 1. The Balaban J connectivity index is 2.20. The van der Waals surface area contributed by atoms with E-state index in [0.29, 0.717) is 10.8 Å². The van der Waals surface area contributed by atoms with Gasteiger partial charge in [0.05, 0.1) is 0 Å². The summed E-state index contributed by atoms with van der Waals surface area (Å²) < 4.78 is 0. The van der Waals surface area contributed by atoms with Gasteiger partial charge in [0.2, 0.25) is 0 Å². The maximum Gasteiger partial charge on any atom is 0.0417 e. The molecule has 2 heteroatoms. The van der Waals surface area contributed by atoms with Gasteiger partial charge >= 0.3 is 0 Å². The maximum atomic E-state index is 3.11. The third-order valence-corrected chi connectivity index (χ3v) is 6.25. The number of hydrogen-bond acceptors (Lipinski definition) is 1. The van der Waals surface area contributed by atoms with Crippen molar-refractivity contribution in [3.05, 3.63) is 12.2 Å². The summed E-state index contributed by atoms with van der Waals surface area (Å²) >= 11 is 0. The first-order valence-electron chi connectivity index (χ1n) is 6.69. The number of nitrogens with zero attached hydrogens (tertiary/aromatic N) is 1. The summed E-state index contributed by atoms with van der Waals surface area (Å²) in [6.45, 7) is 11.6. The molecule has 0 radical (unpaired) electrons. The van der Waals surface area contributed by atoms with Crippen LogP contribution in [0.3, 0.4) is 0 Å². The van der Waals surface area contributed by atoms with Gasteiger partial charge in [0.1, 0.15) is 0 Å². The zero-order valence-electron chi connectivity index (χ0n) is 11.3. The standard InChI is InChI=1S/C14H26NP/c1-6-9-11(7-2)13(5)12-10(4)15(13)14(12,16)8-3/h6,9-12H,7-8,16H2,1-5H3. The molecular formula is C14H26NP. The van der Waals surface area contributed by atoms with Gasteiger partial charge in [0.15, 0.2) is 0 Å². The molecule has 16 heavy (non-hydrogen) atoms. The van der Waals surface area contributed by atoms with Gasteiger partial charge in [-0.1, -0.05) is 26.0 Å². The second-order valence-corrected chi connectivity index (χ2v) is 6.70. The highest BCUT2D eigenvalue weighted by molar-refractivity contribution is 7.19. The van der Waals surface area contributed by atoms with Crippen LogP contribution in [0, 0.1) is 11.8 Å². The summed E-state index contributed by atoms with van der Waals surface area (Å²) in [5.41, 5.74) is 0.429. The average molecular weight is 239 g/mol. The predicted octanol–water partition coefficient (Wildman–Crippen LogP) is 3.66. The fourth-order valence-electron chi connectivity index (χ4n) is 4.67. The van der Waals surface area contributed by atoms with Gasteiger partial charge in [-0.25, -0.2) is 0 Å². The van der Waals surface area contributed by atoms with Crippen LogP contribution in [0.5, 0.6) is 0 Å². The van der Waals surface area contributed by atoms with E-state index in [1.165, 1.54) is 12.8 Å². The third-order valence-electron chi connectivity index (χ3n) is 5.21. The molecule has 0 aromatic rings. The minimum Gasteiger partial charge on any atom is -0.284 e. The highest BCUT2D eigenvalue weighted by Crippen LogP contribution is 2.71. The van der Waals surface area contributed by atoms with Gasteiger partial charge in [-0.3, -0.25) is 4.90 Å². The predicted molar refractivity (Wildman–Crippen MR) is 74.5 cm³/mol. The molecule has 2 bridgehead atoms. The summed E-state index contributed by atoms with van der Waals surface area (Å²) in [4.78, 5) is 2.74. The van der Waals surface area contributed by atoms with E-state index < -0.39 is 0 Å². The highest BCUT2D eigenvalue weighted by Gasteiger charge is 2.78. The number of hydrogen-bond donors (Lipinski definition) is 0. The Hall–Kier alpha value is 0.130. The van der Waals surface area contributed by atoms with E-state index >= 15 is 0 Å². The van der Waals surface area contributed by atoms with Crippen molar-refractivity contribution in [3.63, 3.8) is 0 Å². The van der Waals surface area contributed by atoms with Crippen molar-refractivity contribution in [1.82, 2.24) is 4.90 Å². The van der Waals surface area contributed by atoms with Crippen molar-refractivity contribution in [2.75, 3.05) is 0 Å². The molecule has 0 aliphatic carbocycles. The topological polar surface area (TPSA) is 3.24 Å². The van der Waals surface area contributed by atoms with Crippen molar-refractivity contribution in [2.24, 2.45) is 11.8 Å². The molecule has 3 saturated heterocycles. The van der Waals surface area contributed by atoms with E-state index in [-0.39, 0.29) is 0 Å². The maximum absolute atomic E-state index is 3.11. The summed E-state index contributed by atoms with van der Waals surface area (Å²) in [5, 5.41) is 0.420. The van der Waals surface area contributed by atoms with Crippen LogP contribution in [0.2, 0.25) is 0 Å². The molecule has 0 spiro atoms. The van der Waals surface area contributed by atoms with Gasteiger partial charge in [-0.2, -0.15) is 0 Å². The van der Waals surface area contributed by atoms with Crippen LogP contribution in [-0.2, 0) is 0 Å². The van der Waals surface area contributed by atoms with Crippen molar-refractivity contribution in [1.29, 1.82) is 0 Å². The van der Waals surface area contributed by atoms with Crippen molar-refractivity contribution < 1.29 is 0 Å². The van der Waals surface area contributed by atoms with Crippen LogP contribution >= 0.6 is 9.24 Å². The molecule has 1 nitrogen and oxygen atoms in total. The normalized spacial score (nSPS) is 52.2. The van der Waals surface area contributed by atoms with Gasteiger partial charge in [0, 0.05) is 22.8 Å². The smallest absolute Gasteiger partial charge is 0.0417 e. The summed E-state index contributed by atoms with van der Waals surface area (Å²) in [5.74, 6) is 1.58. The lowest BCUT2D eigenvalue weighted by atomic mass is 9.48. The van der Waals surface area contributed by atoms with Crippen LogP contribution in [0.25, 0.3) is 0 Å². The average Bonchev–Trinajstić information content (AvgIpc) is 2.23. The lowest BCUT2D eigenvalue weighted by molar-refractivity contribution is -0.328. The second-order valence-electron chi connectivity index (χ2n) is 5.70. The first-order valence-corrected chi connectivity index (χ1v) is 7.27. The quantitative estimate of drug-likeness (QED) is 0.534. The molecule has 7 unspecified atom stereocenters. The minimum atomic E-state index is 0.420. The Morgan fingerprint density at radius 3 is 2.31 bits per heavy atom. The Bertz CT molecular complexity index is 298. The first-order chi connectivity index (χ1) is 7.48. The van der Waals surface area contributed by atoms with Gasteiger partial charge < -0.3 is 0 Å². The van der Waals surface area contributed by atoms with Gasteiger partial charge in [0.25, 0.3) is 0 Å². The summed E-state index contributed by atoms with van der Waals surface area (Å²) in [6, 6.07) is 0.793. The fraction of sp³-hybridized carbons (Fsp3) is 0.857. The Labute approximate surface area is 103 Å². The van der Waals surface area contributed by atoms with Crippen LogP contribution in [0.4, 0.5) is 0 Å². The molecule has 3 fully saturated rings. The molecule has 0 amide bonds. The lowest BCUT2D eigenvalue weighted by Crippen LogP contribution is -2.95. The molecule has 3 aliphatic rings.